The molecule has 2 heterocycles. The molecule has 1 aliphatic rings. The summed E-state index contributed by atoms with van der Waals surface area (Å²) in [5.74, 6) is 0.774. The first kappa shape index (κ1) is 13.1. The van der Waals surface area contributed by atoms with Gasteiger partial charge in [-0.25, -0.2) is 13.8 Å². The van der Waals surface area contributed by atoms with Gasteiger partial charge in [0.1, 0.15) is 5.82 Å². The van der Waals surface area contributed by atoms with Crippen LogP contribution < -0.4 is 5.32 Å². The minimum atomic E-state index is -2.38. The van der Waals surface area contributed by atoms with E-state index in [2.05, 4.69) is 27.2 Å². The van der Waals surface area contributed by atoms with Gasteiger partial charge in [0.2, 0.25) is 0 Å². The number of likely N-dealkylation sites (N-methyl/N-ethyl adjacent to an activating group) is 1. The van der Waals surface area contributed by atoms with Gasteiger partial charge in [-0.15, -0.1) is 0 Å². The zero-order chi connectivity index (χ0) is 13.0. The van der Waals surface area contributed by atoms with Gasteiger partial charge in [0, 0.05) is 24.9 Å². The number of alkyl halides is 2. The van der Waals surface area contributed by atoms with E-state index in [-0.39, 0.29) is 12.5 Å². The van der Waals surface area contributed by atoms with Gasteiger partial charge in [-0.3, -0.25) is 4.98 Å². The second-order valence-electron chi connectivity index (χ2n) is 4.66. The first-order valence-electron chi connectivity index (χ1n) is 6.18. The lowest BCUT2D eigenvalue weighted by atomic mass is 9.94. The topological polar surface area (TPSA) is 41.1 Å². The molecule has 0 bridgehead atoms. The predicted octanol–water partition coefficient (Wildman–Crippen LogP) is 1.96. The van der Waals surface area contributed by atoms with Crippen molar-refractivity contribution in [1.82, 2.24) is 14.9 Å². The average molecular weight is 256 g/mol. The van der Waals surface area contributed by atoms with Crippen molar-refractivity contribution in [1.29, 1.82) is 0 Å². The quantitative estimate of drug-likeness (QED) is 0.894. The van der Waals surface area contributed by atoms with E-state index >= 15 is 0 Å². The molecule has 0 saturated carbocycles. The fourth-order valence-corrected chi connectivity index (χ4v) is 2.35. The van der Waals surface area contributed by atoms with E-state index in [0.29, 0.717) is 5.82 Å². The summed E-state index contributed by atoms with van der Waals surface area (Å²) in [5.41, 5.74) is 0.810. The average Bonchev–Trinajstić information content (AvgIpc) is 2.36. The molecule has 1 N–H and O–H groups in total. The van der Waals surface area contributed by atoms with Gasteiger partial charge >= 0.3 is 0 Å². The highest BCUT2D eigenvalue weighted by Gasteiger charge is 2.23. The first-order chi connectivity index (χ1) is 8.66. The first-order valence-corrected chi connectivity index (χ1v) is 6.18. The van der Waals surface area contributed by atoms with Crippen molar-refractivity contribution in [2.24, 2.45) is 0 Å². The van der Waals surface area contributed by atoms with Crippen molar-refractivity contribution in [3.8, 4) is 0 Å². The van der Waals surface area contributed by atoms with E-state index in [1.807, 2.05) is 0 Å². The Labute approximate surface area is 105 Å². The zero-order valence-electron chi connectivity index (χ0n) is 10.4. The molecule has 18 heavy (non-hydrogen) atoms. The summed E-state index contributed by atoms with van der Waals surface area (Å²) in [4.78, 5) is 10.7. The van der Waals surface area contributed by atoms with Crippen molar-refractivity contribution in [3.05, 3.63) is 18.1 Å². The van der Waals surface area contributed by atoms with Crippen LogP contribution in [0.25, 0.3) is 0 Å². The van der Waals surface area contributed by atoms with E-state index in [0.717, 1.165) is 31.6 Å². The highest BCUT2D eigenvalue weighted by Crippen LogP contribution is 2.28. The molecule has 6 heteroatoms. The second-order valence-corrected chi connectivity index (χ2v) is 4.66. The van der Waals surface area contributed by atoms with Crippen LogP contribution in [0.3, 0.4) is 0 Å². The lowest BCUT2D eigenvalue weighted by Gasteiger charge is -2.29. The van der Waals surface area contributed by atoms with Gasteiger partial charge < -0.3 is 10.2 Å². The van der Waals surface area contributed by atoms with Crippen LogP contribution >= 0.6 is 0 Å². The van der Waals surface area contributed by atoms with Crippen LogP contribution in [0.5, 0.6) is 0 Å². The smallest absolute Gasteiger partial charge is 0.255 e. The van der Waals surface area contributed by atoms with Crippen molar-refractivity contribution in [2.75, 3.05) is 32.0 Å². The highest BCUT2D eigenvalue weighted by molar-refractivity contribution is 5.42. The maximum Gasteiger partial charge on any atom is 0.255 e. The maximum atomic E-state index is 12.2. The van der Waals surface area contributed by atoms with Gasteiger partial charge in [0.05, 0.1) is 12.2 Å². The summed E-state index contributed by atoms with van der Waals surface area (Å²) in [6.07, 6.45) is 2.91. The minimum absolute atomic E-state index is 0.276. The van der Waals surface area contributed by atoms with E-state index in [4.69, 9.17) is 0 Å². The van der Waals surface area contributed by atoms with Crippen LogP contribution in [0.2, 0.25) is 0 Å². The van der Waals surface area contributed by atoms with Crippen molar-refractivity contribution in [3.63, 3.8) is 0 Å². The number of nitrogens with zero attached hydrogens (tertiary/aromatic N) is 3. The Bertz CT molecular complexity index is 386. The molecule has 1 fully saturated rings. The summed E-state index contributed by atoms with van der Waals surface area (Å²) in [7, 11) is 2.06. The van der Waals surface area contributed by atoms with Gasteiger partial charge in [-0.2, -0.15) is 0 Å². The highest BCUT2D eigenvalue weighted by atomic mass is 19.3. The number of anilines is 1. The SMILES string of the molecule is CN1CCCC(c2nccnc2NCC(F)F)C1. The molecule has 1 atom stereocenters. The normalized spacial score (nSPS) is 21.2. The Morgan fingerprint density at radius 3 is 2.94 bits per heavy atom. The number of rotatable bonds is 4. The Hall–Kier alpha value is -1.30. The number of nitrogens with one attached hydrogen (secondary N) is 1. The monoisotopic (exact) mass is 256 g/mol. The standard InChI is InChI=1S/C12H18F2N4/c1-18-6-2-3-9(8-18)11-12(16-5-4-15-11)17-7-10(13)14/h4-5,9-10H,2-3,6-8H2,1H3,(H,16,17). The van der Waals surface area contributed by atoms with Crippen molar-refractivity contribution < 1.29 is 8.78 Å². The molecule has 0 radical (unpaired) electrons. The maximum absolute atomic E-state index is 12.2. The third-order valence-electron chi connectivity index (χ3n) is 3.16. The third-order valence-corrected chi connectivity index (χ3v) is 3.16. The molecule has 0 aliphatic carbocycles. The molecule has 1 unspecified atom stereocenters. The Balaban J connectivity index is 2.10. The largest absolute Gasteiger partial charge is 0.363 e. The molecular formula is C12H18F2N4. The molecular weight excluding hydrogens is 238 g/mol. The minimum Gasteiger partial charge on any atom is -0.363 e. The van der Waals surface area contributed by atoms with Gasteiger partial charge in [-0.05, 0) is 26.4 Å². The van der Waals surface area contributed by atoms with Crippen LogP contribution in [0.4, 0.5) is 14.6 Å². The Morgan fingerprint density at radius 2 is 2.22 bits per heavy atom. The van der Waals surface area contributed by atoms with Crippen LogP contribution in [-0.4, -0.2) is 48.0 Å². The van der Waals surface area contributed by atoms with Crippen molar-refractivity contribution >= 4 is 5.82 Å². The lowest BCUT2D eigenvalue weighted by Crippen LogP contribution is -2.31. The van der Waals surface area contributed by atoms with E-state index < -0.39 is 6.43 Å². The summed E-state index contributed by atoms with van der Waals surface area (Å²) in [6, 6.07) is 0. The van der Waals surface area contributed by atoms with E-state index in [1.54, 1.807) is 6.20 Å². The summed E-state index contributed by atoms with van der Waals surface area (Å²) >= 11 is 0. The van der Waals surface area contributed by atoms with Crippen LogP contribution in [0.15, 0.2) is 12.4 Å². The number of likely N-dealkylation sites (tertiary alicyclic amines) is 1. The molecule has 1 saturated heterocycles. The predicted molar refractivity (Wildman–Crippen MR) is 66.0 cm³/mol. The Kier molecular flexibility index (Phi) is 4.41. The Morgan fingerprint density at radius 1 is 1.44 bits per heavy atom. The zero-order valence-corrected chi connectivity index (χ0v) is 10.4. The van der Waals surface area contributed by atoms with Crippen LogP contribution in [0, 0.1) is 0 Å². The van der Waals surface area contributed by atoms with Crippen LogP contribution in [-0.2, 0) is 0 Å². The number of hydrogen-bond donors (Lipinski definition) is 1. The molecule has 2 rings (SSSR count). The fraction of sp³-hybridized carbons (Fsp3) is 0.667. The fourth-order valence-electron chi connectivity index (χ4n) is 2.35. The van der Waals surface area contributed by atoms with E-state index in [9.17, 15) is 8.78 Å². The molecule has 1 aliphatic heterocycles. The molecule has 0 amide bonds. The summed E-state index contributed by atoms with van der Waals surface area (Å²) in [5, 5.41) is 2.68. The molecule has 0 spiro atoms. The molecule has 0 aromatic carbocycles. The molecule has 4 nitrogen and oxygen atoms in total. The van der Waals surface area contributed by atoms with Crippen LogP contribution in [0.1, 0.15) is 24.5 Å². The number of hydrogen-bond acceptors (Lipinski definition) is 4. The third kappa shape index (κ3) is 3.35. The number of aromatic nitrogens is 2. The molecule has 1 aromatic rings. The van der Waals surface area contributed by atoms with Gasteiger partial charge in [0.15, 0.2) is 0 Å². The number of piperidine rings is 1. The second kappa shape index (κ2) is 6.04. The van der Waals surface area contributed by atoms with Gasteiger partial charge in [-0.1, -0.05) is 0 Å². The van der Waals surface area contributed by atoms with Crippen molar-refractivity contribution in [2.45, 2.75) is 25.2 Å². The summed E-state index contributed by atoms with van der Waals surface area (Å²) < 4.78 is 24.5. The summed E-state index contributed by atoms with van der Waals surface area (Å²) in [6.45, 7) is 1.60. The van der Waals surface area contributed by atoms with E-state index in [1.165, 1.54) is 6.20 Å². The van der Waals surface area contributed by atoms with Gasteiger partial charge in [0.25, 0.3) is 6.43 Å². The number of halogens is 2. The molecule has 1 aromatic heterocycles. The molecule has 100 valence electrons. The lowest BCUT2D eigenvalue weighted by molar-refractivity contribution is 0.163.